The van der Waals surface area contributed by atoms with Crippen molar-refractivity contribution in [1.29, 1.82) is 0 Å². The Bertz CT molecular complexity index is 1350. The SMILES string of the molecule is CCOC(=O)c1cnc(NCc2ccc(OC)c(OC)c2)c([N+](=O)[O-])c1N[C@H]1CN(Cc2ccccc2)CC[C@H]1C. The van der Waals surface area contributed by atoms with Crippen molar-refractivity contribution in [3.05, 3.63) is 81.5 Å². The first kappa shape index (κ1) is 29.6. The van der Waals surface area contributed by atoms with Crippen molar-refractivity contribution in [2.75, 3.05) is 44.5 Å². The molecule has 0 unspecified atom stereocenters. The van der Waals surface area contributed by atoms with E-state index in [9.17, 15) is 14.9 Å². The molecule has 0 saturated carbocycles. The Labute approximate surface area is 240 Å². The van der Waals surface area contributed by atoms with Crippen LogP contribution in [-0.4, -0.2) is 60.7 Å². The smallest absolute Gasteiger partial charge is 0.342 e. The minimum atomic E-state index is -0.665. The first-order valence-electron chi connectivity index (χ1n) is 13.7. The summed E-state index contributed by atoms with van der Waals surface area (Å²) in [6.45, 7) is 6.52. The van der Waals surface area contributed by atoms with Crippen molar-refractivity contribution in [3.8, 4) is 11.5 Å². The number of carbonyl (C=O) groups is 1. The average molecular weight is 564 g/mol. The Morgan fingerprint density at radius 3 is 2.56 bits per heavy atom. The van der Waals surface area contributed by atoms with Gasteiger partial charge in [0.2, 0.25) is 5.82 Å². The zero-order chi connectivity index (χ0) is 29.4. The van der Waals surface area contributed by atoms with E-state index in [-0.39, 0.29) is 47.9 Å². The lowest BCUT2D eigenvalue weighted by Crippen LogP contribution is -2.46. The summed E-state index contributed by atoms with van der Waals surface area (Å²) >= 11 is 0. The molecular weight excluding hydrogens is 526 g/mol. The van der Waals surface area contributed by atoms with Crippen molar-refractivity contribution >= 4 is 23.2 Å². The number of anilines is 2. The van der Waals surface area contributed by atoms with E-state index in [4.69, 9.17) is 14.2 Å². The predicted molar refractivity (Wildman–Crippen MR) is 157 cm³/mol. The van der Waals surface area contributed by atoms with E-state index in [1.807, 2.05) is 24.3 Å². The normalized spacial score (nSPS) is 17.0. The minimum Gasteiger partial charge on any atom is -0.493 e. The van der Waals surface area contributed by atoms with Crippen molar-refractivity contribution in [2.24, 2.45) is 5.92 Å². The number of hydrogen-bond acceptors (Lipinski definition) is 10. The van der Waals surface area contributed by atoms with Gasteiger partial charge in [0, 0.05) is 31.9 Å². The molecule has 3 aromatic rings. The Morgan fingerprint density at radius 2 is 1.88 bits per heavy atom. The highest BCUT2D eigenvalue weighted by Crippen LogP contribution is 2.37. The number of nitrogens with zero attached hydrogens (tertiary/aromatic N) is 3. The van der Waals surface area contributed by atoms with Gasteiger partial charge in [-0.25, -0.2) is 9.78 Å². The standard InChI is InChI=1S/C30H37N5O6/c1-5-41-30(36)23-17-32-29(31-16-22-11-12-25(39-3)26(15-22)40-4)28(35(37)38)27(23)33-24-19-34(14-13-20(24)2)18-21-9-7-6-8-10-21/h6-12,15,17,20,24H,5,13-14,16,18-19H2,1-4H3,(H2,31,32,33)/t20-,24+/m1/s1. The third-order valence-corrected chi connectivity index (χ3v) is 7.26. The maximum absolute atomic E-state index is 12.9. The quantitative estimate of drug-likeness (QED) is 0.174. The summed E-state index contributed by atoms with van der Waals surface area (Å²) in [5.74, 6) is 0.716. The summed E-state index contributed by atoms with van der Waals surface area (Å²) in [7, 11) is 3.09. The second-order valence-electron chi connectivity index (χ2n) is 10.0. The monoisotopic (exact) mass is 563 g/mol. The summed E-state index contributed by atoms with van der Waals surface area (Å²) in [5, 5.41) is 18.9. The van der Waals surface area contributed by atoms with Crippen LogP contribution in [0.4, 0.5) is 17.2 Å². The van der Waals surface area contributed by atoms with Crippen LogP contribution < -0.4 is 20.1 Å². The van der Waals surface area contributed by atoms with Crippen LogP contribution in [0.3, 0.4) is 0 Å². The first-order valence-corrected chi connectivity index (χ1v) is 13.7. The summed E-state index contributed by atoms with van der Waals surface area (Å²) in [6, 6.07) is 15.4. The molecule has 1 fully saturated rings. The number of nitro groups is 1. The molecule has 0 amide bonds. The number of methoxy groups -OCH3 is 2. The summed E-state index contributed by atoms with van der Waals surface area (Å²) in [4.78, 5) is 31.5. The van der Waals surface area contributed by atoms with Gasteiger partial charge in [0.25, 0.3) is 0 Å². The summed E-state index contributed by atoms with van der Waals surface area (Å²) in [5.41, 5.74) is 1.84. The molecular formula is C30H37N5O6. The van der Waals surface area contributed by atoms with Gasteiger partial charge in [-0.15, -0.1) is 0 Å². The molecule has 1 saturated heterocycles. The van der Waals surface area contributed by atoms with Gasteiger partial charge in [-0.05, 0) is 49.1 Å². The van der Waals surface area contributed by atoms with Crippen molar-refractivity contribution in [3.63, 3.8) is 0 Å². The fourth-order valence-corrected chi connectivity index (χ4v) is 4.99. The maximum atomic E-state index is 12.9. The van der Waals surface area contributed by atoms with Gasteiger partial charge in [0.1, 0.15) is 11.3 Å². The lowest BCUT2D eigenvalue weighted by atomic mass is 9.92. The van der Waals surface area contributed by atoms with Crippen LogP contribution in [0.15, 0.2) is 54.7 Å². The number of rotatable bonds is 12. The molecule has 1 aliphatic heterocycles. The zero-order valence-corrected chi connectivity index (χ0v) is 23.9. The van der Waals surface area contributed by atoms with Crippen molar-refractivity contribution < 1.29 is 23.9 Å². The maximum Gasteiger partial charge on any atom is 0.342 e. The van der Waals surface area contributed by atoms with Crippen LogP contribution in [0.1, 0.15) is 41.8 Å². The molecule has 41 heavy (non-hydrogen) atoms. The largest absolute Gasteiger partial charge is 0.493 e. The van der Waals surface area contributed by atoms with Gasteiger partial charge in [0.05, 0.1) is 25.7 Å². The van der Waals surface area contributed by atoms with E-state index in [2.05, 4.69) is 39.6 Å². The second kappa shape index (κ2) is 13.8. The molecule has 0 radical (unpaired) electrons. The molecule has 1 aromatic heterocycles. The molecule has 0 aliphatic carbocycles. The Hall–Kier alpha value is -4.38. The van der Waals surface area contributed by atoms with Gasteiger partial charge in [0.15, 0.2) is 11.5 Å². The molecule has 2 aromatic carbocycles. The fraction of sp³-hybridized carbons (Fsp3) is 0.400. The Morgan fingerprint density at radius 1 is 1.12 bits per heavy atom. The summed E-state index contributed by atoms with van der Waals surface area (Å²) < 4.78 is 15.9. The molecule has 11 nitrogen and oxygen atoms in total. The van der Waals surface area contributed by atoms with E-state index in [1.165, 1.54) is 11.8 Å². The van der Waals surface area contributed by atoms with Crippen molar-refractivity contribution in [1.82, 2.24) is 9.88 Å². The molecule has 4 rings (SSSR count). The van der Waals surface area contributed by atoms with Gasteiger partial charge in [-0.3, -0.25) is 15.0 Å². The van der Waals surface area contributed by atoms with E-state index in [1.54, 1.807) is 33.3 Å². The highest BCUT2D eigenvalue weighted by Gasteiger charge is 2.33. The van der Waals surface area contributed by atoms with Gasteiger partial charge in [-0.2, -0.15) is 0 Å². The number of ether oxygens (including phenoxy) is 3. The number of benzene rings is 2. The predicted octanol–water partition coefficient (Wildman–Crippen LogP) is 5.12. The third kappa shape index (κ3) is 7.23. The number of piperidine rings is 1. The van der Waals surface area contributed by atoms with Crippen LogP contribution in [0.2, 0.25) is 0 Å². The minimum absolute atomic E-state index is 0.0302. The van der Waals surface area contributed by atoms with E-state index in [0.717, 1.165) is 25.1 Å². The molecule has 2 heterocycles. The first-order chi connectivity index (χ1) is 19.8. The molecule has 11 heteroatoms. The fourth-order valence-electron chi connectivity index (χ4n) is 4.99. The molecule has 0 bridgehead atoms. The number of esters is 1. The number of aromatic nitrogens is 1. The lowest BCUT2D eigenvalue weighted by molar-refractivity contribution is -0.383. The molecule has 218 valence electrons. The van der Waals surface area contributed by atoms with E-state index < -0.39 is 10.9 Å². The number of hydrogen-bond donors (Lipinski definition) is 2. The Balaban J connectivity index is 1.64. The molecule has 2 N–H and O–H groups in total. The third-order valence-electron chi connectivity index (χ3n) is 7.26. The number of nitrogens with one attached hydrogen (secondary N) is 2. The van der Waals surface area contributed by atoms with Crippen LogP contribution >= 0.6 is 0 Å². The van der Waals surface area contributed by atoms with Gasteiger partial charge < -0.3 is 24.8 Å². The van der Waals surface area contributed by atoms with Crippen LogP contribution in [-0.2, 0) is 17.8 Å². The highest BCUT2D eigenvalue weighted by atomic mass is 16.6. The number of pyridine rings is 1. The molecule has 2 atom stereocenters. The molecule has 1 aliphatic rings. The second-order valence-corrected chi connectivity index (χ2v) is 10.0. The van der Waals surface area contributed by atoms with Crippen LogP contribution in [0.5, 0.6) is 11.5 Å². The van der Waals surface area contributed by atoms with Crippen molar-refractivity contribution in [2.45, 2.75) is 39.4 Å². The van der Waals surface area contributed by atoms with E-state index >= 15 is 0 Å². The average Bonchev–Trinajstić information content (AvgIpc) is 2.98. The Kier molecular flexibility index (Phi) is 9.96. The lowest BCUT2D eigenvalue weighted by Gasteiger charge is -2.38. The van der Waals surface area contributed by atoms with Gasteiger partial charge >= 0.3 is 11.7 Å². The molecule has 0 spiro atoms. The summed E-state index contributed by atoms with van der Waals surface area (Å²) in [6.07, 6.45) is 2.24. The van der Waals surface area contributed by atoms with E-state index in [0.29, 0.717) is 18.0 Å². The highest BCUT2D eigenvalue weighted by molar-refractivity contribution is 5.99. The number of likely N-dealkylation sites (tertiary alicyclic amines) is 1. The number of carbonyl (C=O) groups excluding carboxylic acids is 1. The zero-order valence-electron chi connectivity index (χ0n) is 23.9. The van der Waals surface area contributed by atoms with Crippen LogP contribution in [0, 0.1) is 16.0 Å². The topological polar surface area (TPSA) is 128 Å². The van der Waals surface area contributed by atoms with Gasteiger partial charge in [-0.1, -0.05) is 43.3 Å². The van der Waals surface area contributed by atoms with Crippen LogP contribution in [0.25, 0.3) is 0 Å².